The van der Waals surface area contributed by atoms with Gasteiger partial charge in [0.15, 0.2) is 0 Å². The van der Waals surface area contributed by atoms with Crippen LogP contribution in [0.5, 0.6) is 5.75 Å². The summed E-state index contributed by atoms with van der Waals surface area (Å²) in [5, 5.41) is 3.33. The van der Waals surface area contributed by atoms with Gasteiger partial charge in [-0.2, -0.15) is 0 Å². The van der Waals surface area contributed by atoms with E-state index < -0.39 is 0 Å². The molecule has 17 heavy (non-hydrogen) atoms. The van der Waals surface area contributed by atoms with Crippen LogP contribution < -0.4 is 10.1 Å². The minimum absolute atomic E-state index is 0.241. The zero-order chi connectivity index (χ0) is 12.7. The number of benzene rings is 1. The van der Waals surface area contributed by atoms with Gasteiger partial charge in [0.05, 0.1) is 12.6 Å². The topological polar surface area (TPSA) is 30.5 Å². The highest BCUT2D eigenvalue weighted by Gasteiger charge is 2.07. The van der Waals surface area contributed by atoms with E-state index in [0.717, 1.165) is 12.3 Å². The Morgan fingerprint density at radius 2 is 1.76 bits per heavy atom. The largest absolute Gasteiger partial charge is 0.492 e. The van der Waals surface area contributed by atoms with Crippen LogP contribution >= 0.6 is 0 Å². The first-order valence-corrected chi connectivity index (χ1v) is 6.09. The van der Waals surface area contributed by atoms with Crippen LogP contribution in [0.4, 0.5) is 0 Å². The van der Waals surface area contributed by atoms with Crippen molar-refractivity contribution < 1.29 is 9.47 Å². The molecule has 3 nitrogen and oxygen atoms in total. The predicted octanol–water partition coefficient (Wildman–Crippen LogP) is 2.31. The predicted molar refractivity (Wildman–Crippen MR) is 70.8 cm³/mol. The van der Waals surface area contributed by atoms with Crippen molar-refractivity contribution in [3.63, 3.8) is 0 Å². The summed E-state index contributed by atoms with van der Waals surface area (Å²) in [5.41, 5.74) is 2.46. The van der Waals surface area contributed by atoms with Crippen LogP contribution in [0.15, 0.2) is 18.2 Å². The standard InChI is InChI=1S/C14H23NO2/c1-5-15-13(9-16-4)10-17-14-7-11(2)6-12(3)8-14/h6-8,13,15H,5,9-10H2,1-4H3. The van der Waals surface area contributed by atoms with E-state index in [4.69, 9.17) is 9.47 Å². The Kier molecular flexibility index (Phi) is 6.01. The molecule has 1 N–H and O–H groups in total. The Hall–Kier alpha value is -1.06. The van der Waals surface area contributed by atoms with E-state index in [1.54, 1.807) is 7.11 Å². The molecular formula is C14H23NO2. The molecule has 0 spiro atoms. The summed E-state index contributed by atoms with van der Waals surface area (Å²) in [4.78, 5) is 0. The lowest BCUT2D eigenvalue weighted by Gasteiger charge is -2.18. The van der Waals surface area contributed by atoms with E-state index in [2.05, 4.69) is 44.3 Å². The molecule has 96 valence electrons. The van der Waals surface area contributed by atoms with Gasteiger partial charge in [-0.15, -0.1) is 0 Å². The Morgan fingerprint density at radius 1 is 1.12 bits per heavy atom. The van der Waals surface area contributed by atoms with Gasteiger partial charge in [0, 0.05) is 7.11 Å². The number of methoxy groups -OCH3 is 1. The maximum Gasteiger partial charge on any atom is 0.119 e. The number of hydrogen-bond acceptors (Lipinski definition) is 3. The van der Waals surface area contributed by atoms with Gasteiger partial charge in [0.2, 0.25) is 0 Å². The average molecular weight is 237 g/mol. The van der Waals surface area contributed by atoms with Crippen molar-refractivity contribution in [1.82, 2.24) is 5.32 Å². The number of aryl methyl sites for hydroxylation is 2. The molecule has 0 aliphatic heterocycles. The fourth-order valence-corrected chi connectivity index (χ4v) is 1.87. The first kappa shape index (κ1) is 14.0. The van der Waals surface area contributed by atoms with E-state index >= 15 is 0 Å². The molecular weight excluding hydrogens is 214 g/mol. The summed E-state index contributed by atoms with van der Waals surface area (Å²) >= 11 is 0. The Morgan fingerprint density at radius 3 is 2.29 bits per heavy atom. The van der Waals surface area contributed by atoms with Crippen molar-refractivity contribution in [3.05, 3.63) is 29.3 Å². The highest BCUT2D eigenvalue weighted by molar-refractivity contribution is 5.32. The SMILES string of the molecule is CCNC(COC)COc1cc(C)cc(C)c1. The smallest absolute Gasteiger partial charge is 0.119 e. The molecule has 0 aromatic heterocycles. The molecule has 1 atom stereocenters. The average Bonchev–Trinajstić information content (AvgIpc) is 2.25. The van der Waals surface area contributed by atoms with Gasteiger partial charge in [-0.3, -0.25) is 0 Å². The summed E-state index contributed by atoms with van der Waals surface area (Å²) in [7, 11) is 1.71. The van der Waals surface area contributed by atoms with Crippen molar-refractivity contribution in [1.29, 1.82) is 0 Å². The zero-order valence-electron chi connectivity index (χ0n) is 11.2. The fraction of sp³-hybridized carbons (Fsp3) is 0.571. The van der Waals surface area contributed by atoms with E-state index in [0.29, 0.717) is 13.2 Å². The van der Waals surface area contributed by atoms with E-state index in [1.165, 1.54) is 11.1 Å². The maximum absolute atomic E-state index is 5.79. The van der Waals surface area contributed by atoms with Gasteiger partial charge >= 0.3 is 0 Å². The van der Waals surface area contributed by atoms with Crippen LogP contribution in [0.2, 0.25) is 0 Å². The molecule has 0 amide bonds. The third-order valence-corrected chi connectivity index (χ3v) is 2.51. The number of nitrogens with one attached hydrogen (secondary N) is 1. The van der Waals surface area contributed by atoms with Crippen molar-refractivity contribution in [2.75, 3.05) is 26.9 Å². The molecule has 1 rings (SSSR count). The van der Waals surface area contributed by atoms with Crippen LogP contribution in [0.1, 0.15) is 18.1 Å². The highest BCUT2D eigenvalue weighted by atomic mass is 16.5. The van der Waals surface area contributed by atoms with Gasteiger partial charge in [0.1, 0.15) is 12.4 Å². The Labute approximate surface area is 104 Å². The molecule has 0 heterocycles. The summed E-state index contributed by atoms with van der Waals surface area (Å²) in [5.74, 6) is 0.932. The van der Waals surface area contributed by atoms with E-state index in [9.17, 15) is 0 Å². The van der Waals surface area contributed by atoms with Gasteiger partial charge in [-0.25, -0.2) is 0 Å². The third kappa shape index (κ3) is 5.20. The Balaban J connectivity index is 2.52. The molecule has 1 unspecified atom stereocenters. The van der Waals surface area contributed by atoms with Crippen molar-refractivity contribution in [3.8, 4) is 5.75 Å². The summed E-state index contributed by atoms with van der Waals surface area (Å²) in [6, 6.07) is 6.50. The van der Waals surface area contributed by atoms with Gasteiger partial charge < -0.3 is 14.8 Å². The minimum atomic E-state index is 0.241. The van der Waals surface area contributed by atoms with Crippen molar-refractivity contribution in [2.45, 2.75) is 26.8 Å². The van der Waals surface area contributed by atoms with Crippen molar-refractivity contribution in [2.24, 2.45) is 0 Å². The number of hydrogen-bond donors (Lipinski definition) is 1. The number of likely N-dealkylation sites (N-methyl/N-ethyl adjacent to an activating group) is 1. The minimum Gasteiger partial charge on any atom is -0.492 e. The van der Waals surface area contributed by atoms with Crippen LogP contribution in [0.3, 0.4) is 0 Å². The van der Waals surface area contributed by atoms with Crippen LogP contribution in [-0.4, -0.2) is 32.9 Å². The summed E-state index contributed by atoms with van der Waals surface area (Å²) in [6.07, 6.45) is 0. The molecule has 0 bridgehead atoms. The normalized spacial score (nSPS) is 12.5. The molecule has 0 aliphatic carbocycles. The second kappa shape index (κ2) is 7.30. The lowest BCUT2D eigenvalue weighted by molar-refractivity contribution is 0.137. The molecule has 1 aromatic rings. The van der Waals surface area contributed by atoms with E-state index in [-0.39, 0.29) is 6.04 Å². The summed E-state index contributed by atoms with van der Waals surface area (Å²) in [6.45, 7) is 8.46. The highest BCUT2D eigenvalue weighted by Crippen LogP contribution is 2.16. The summed E-state index contributed by atoms with van der Waals surface area (Å²) < 4.78 is 10.9. The molecule has 0 radical (unpaired) electrons. The van der Waals surface area contributed by atoms with Gasteiger partial charge in [-0.1, -0.05) is 13.0 Å². The van der Waals surface area contributed by atoms with Crippen LogP contribution in [0.25, 0.3) is 0 Å². The molecule has 3 heteroatoms. The molecule has 0 aliphatic rings. The fourth-order valence-electron chi connectivity index (χ4n) is 1.87. The lowest BCUT2D eigenvalue weighted by Crippen LogP contribution is -2.38. The molecule has 0 fully saturated rings. The molecule has 0 saturated carbocycles. The third-order valence-electron chi connectivity index (χ3n) is 2.51. The van der Waals surface area contributed by atoms with Gasteiger partial charge in [0.25, 0.3) is 0 Å². The Bertz CT molecular complexity index is 313. The number of ether oxygens (including phenoxy) is 2. The van der Waals surface area contributed by atoms with Crippen molar-refractivity contribution >= 4 is 0 Å². The lowest BCUT2D eigenvalue weighted by atomic mass is 10.1. The van der Waals surface area contributed by atoms with Crippen LogP contribution in [-0.2, 0) is 4.74 Å². The quantitative estimate of drug-likeness (QED) is 0.789. The first-order chi connectivity index (χ1) is 8.15. The molecule has 0 saturated heterocycles. The zero-order valence-corrected chi connectivity index (χ0v) is 11.2. The first-order valence-electron chi connectivity index (χ1n) is 6.09. The maximum atomic E-state index is 5.79. The van der Waals surface area contributed by atoms with Crippen LogP contribution in [0, 0.1) is 13.8 Å². The van der Waals surface area contributed by atoms with E-state index in [1.807, 2.05) is 0 Å². The number of rotatable bonds is 7. The molecule has 1 aromatic carbocycles. The second-order valence-corrected chi connectivity index (χ2v) is 4.34. The monoisotopic (exact) mass is 237 g/mol. The van der Waals surface area contributed by atoms with Gasteiger partial charge in [-0.05, 0) is 43.7 Å². The second-order valence-electron chi connectivity index (χ2n) is 4.34.